The van der Waals surface area contributed by atoms with Gasteiger partial charge in [0.05, 0.1) is 0 Å². The van der Waals surface area contributed by atoms with Crippen molar-refractivity contribution in [2.24, 2.45) is 0 Å². The van der Waals surface area contributed by atoms with E-state index in [1.165, 1.54) is 6.92 Å². The second-order valence-electron chi connectivity index (χ2n) is 2.35. The van der Waals surface area contributed by atoms with E-state index in [0.717, 1.165) is 12.7 Å². The first-order valence-electron chi connectivity index (χ1n) is 3.37. The molecule has 0 aromatic heterocycles. The Balaban J connectivity index is 3.33. The molecule has 0 aromatic carbocycles. The molecule has 0 bridgehead atoms. The average molecular weight is 143 g/mol. The van der Waals surface area contributed by atoms with Crippen molar-refractivity contribution < 1.29 is 9.59 Å². The summed E-state index contributed by atoms with van der Waals surface area (Å²) in [6.45, 7) is 3.35. The van der Waals surface area contributed by atoms with E-state index in [2.05, 4.69) is 5.32 Å². The molecule has 0 aliphatic carbocycles. The van der Waals surface area contributed by atoms with Crippen molar-refractivity contribution in [3.8, 4) is 0 Å². The average Bonchev–Trinajstić information content (AvgIpc) is 1.82. The number of hydrogen-bond acceptors (Lipinski definition) is 2. The van der Waals surface area contributed by atoms with Crippen LogP contribution in [0.25, 0.3) is 0 Å². The zero-order valence-electron chi connectivity index (χ0n) is 6.39. The molecule has 0 fully saturated rings. The molecule has 58 valence electrons. The molecule has 1 atom stereocenters. The van der Waals surface area contributed by atoms with Crippen molar-refractivity contribution in [1.82, 2.24) is 5.32 Å². The fourth-order valence-electron chi connectivity index (χ4n) is 0.737. The van der Waals surface area contributed by atoms with Gasteiger partial charge in [0.25, 0.3) is 0 Å². The highest BCUT2D eigenvalue weighted by molar-refractivity contribution is 5.73. The standard InChI is InChI=1S/C7H13NO2/c1-6(4-3-5-9)8-7(2)10/h5-6H,3-4H2,1-2H3,(H,8,10). The molecule has 0 aromatic rings. The Hall–Kier alpha value is -0.860. The van der Waals surface area contributed by atoms with Crippen LogP contribution in [0.3, 0.4) is 0 Å². The third-order valence-corrected chi connectivity index (χ3v) is 1.17. The zero-order valence-corrected chi connectivity index (χ0v) is 6.39. The molecule has 0 saturated heterocycles. The van der Waals surface area contributed by atoms with Gasteiger partial charge in [0.1, 0.15) is 6.29 Å². The van der Waals surface area contributed by atoms with Gasteiger partial charge in [-0.1, -0.05) is 0 Å². The van der Waals surface area contributed by atoms with Gasteiger partial charge in [-0.2, -0.15) is 0 Å². The number of hydrogen-bond donors (Lipinski definition) is 1. The first-order valence-corrected chi connectivity index (χ1v) is 3.37. The molecule has 0 heterocycles. The normalized spacial score (nSPS) is 12.2. The topological polar surface area (TPSA) is 46.2 Å². The first-order chi connectivity index (χ1) is 4.66. The zero-order chi connectivity index (χ0) is 7.98. The minimum atomic E-state index is -0.0431. The monoisotopic (exact) mass is 143 g/mol. The van der Waals surface area contributed by atoms with E-state index in [1.807, 2.05) is 6.92 Å². The molecule has 10 heavy (non-hydrogen) atoms. The first kappa shape index (κ1) is 9.14. The van der Waals surface area contributed by atoms with E-state index in [0.29, 0.717) is 6.42 Å². The molecular weight excluding hydrogens is 130 g/mol. The van der Waals surface area contributed by atoms with E-state index in [9.17, 15) is 9.59 Å². The van der Waals surface area contributed by atoms with Crippen molar-refractivity contribution >= 4 is 12.2 Å². The summed E-state index contributed by atoms with van der Waals surface area (Å²) >= 11 is 0. The number of carbonyl (C=O) groups excluding carboxylic acids is 2. The summed E-state index contributed by atoms with van der Waals surface area (Å²) in [6, 6.07) is 0.114. The minimum Gasteiger partial charge on any atom is -0.354 e. The lowest BCUT2D eigenvalue weighted by atomic mass is 10.2. The van der Waals surface area contributed by atoms with Crippen molar-refractivity contribution in [2.45, 2.75) is 32.7 Å². The maximum Gasteiger partial charge on any atom is 0.217 e. The van der Waals surface area contributed by atoms with Gasteiger partial charge in [0.2, 0.25) is 5.91 Å². The lowest BCUT2D eigenvalue weighted by Gasteiger charge is -2.08. The summed E-state index contributed by atoms with van der Waals surface area (Å²) in [6.07, 6.45) is 2.10. The van der Waals surface area contributed by atoms with Crippen LogP contribution < -0.4 is 5.32 Å². The Morgan fingerprint density at radius 2 is 2.30 bits per heavy atom. The number of amides is 1. The van der Waals surface area contributed by atoms with Gasteiger partial charge in [-0.15, -0.1) is 0 Å². The number of rotatable bonds is 4. The summed E-state index contributed by atoms with van der Waals surface area (Å²) in [5.41, 5.74) is 0. The summed E-state index contributed by atoms with van der Waals surface area (Å²) < 4.78 is 0. The predicted molar refractivity (Wildman–Crippen MR) is 38.6 cm³/mol. The molecular formula is C7H13NO2. The van der Waals surface area contributed by atoms with Gasteiger partial charge in [0, 0.05) is 19.4 Å². The molecule has 0 saturated carbocycles. The van der Waals surface area contributed by atoms with E-state index in [-0.39, 0.29) is 11.9 Å². The highest BCUT2D eigenvalue weighted by atomic mass is 16.1. The smallest absolute Gasteiger partial charge is 0.217 e. The van der Waals surface area contributed by atoms with Crippen LogP contribution in [0, 0.1) is 0 Å². The van der Waals surface area contributed by atoms with Crippen molar-refractivity contribution in [2.75, 3.05) is 0 Å². The van der Waals surface area contributed by atoms with Gasteiger partial charge >= 0.3 is 0 Å². The maximum atomic E-state index is 10.4. The molecule has 1 unspecified atom stereocenters. The molecule has 0 spiro atoms. The van der Waals surface area contributed by atoms with Crippen LogP contribution in [0.5, 0.6) is 0 Å². The van der Waals surface area contributed by atoms with Gasteiger partial charge in [-0.3, -0.25) is 4.79 Å². The molecule has 1 amide bonds. The van der Waals surface area contributed by atoms with Gasteiger partial charge in [-0.25, -0.2) is 0 Å². The summed E-state index contributed by atoms with van der Waals surface area (Å²) in [7, 11) is 0. The molecule has 1 N–H and O–H groups in total. The van der Waals surface area contributed by atoms with Crippen LogP contribution in [-0.2, 0) is 9.59 Å². The van der Waals surface area contributed by atoms with Gasteiger partial charge < -0.3 is 10.1 Å². The van der Waals surface area contributed by atoms with E-state index < -0.39 is 0 Å². The lowest BCUT2D eigenvalue weighted by molar-refractivity contribution is -0.119. The predicted octanol–water partition coefficient (Wildman–Crippen LogP) is 0.490. The molecule has 0 radical (unpaired) electrons. The van der Waals surface area contributed by atoms with Crippen LogP contribution in [0.4, 0.5) is 0 Å². The largest absolute Gasteiger partial charge is 0.354 e. The van der Waals surface area contributed by atoms with Gasteiger partial charge in [0.15, 0.2) is 0 Å². The van der Waals surface area contributed by atoms with Crippen molar-refractivity contribution in [3.05, 3.63) is 0 Å². The minimum absolute atomic E-state index is 0.0431. The fourth-order valence-corrected chi connectivity index (χ4v) is 0.737. The quantitative estimate of drug-likeness (QED) is 0.582. The van der Waals surface area contributed by atoms with E-state index in [4.69, 9.17) is 0 Å². The second kappa shape index (κ2) is 4.97. The van der Waals surface area contributed by atoms with Crippen LogP contribution in [0.2, 0.25) is 0 Å². The molecule has 3 heteroatoms. The van der Waals surface area contributed by atoms with E-state index in [1.54, 1.807) is 0 Å². The van der Waals surface area contributed by atoms with Crippen LogP contribution in [-0.4, -0.2) is 18.2 Å². The fraction of sp³-hybridized carbons (Fsp3) is 0.714. The molecule has 0 aliphatic heterocycles. The van der Waals surface area contributed by atoms with Crippen LogP contribution >= 0.6 is 0 Å². The molecule has 3 nitrogen and oxygen atoms in total. The van der Waals surface area contributed by atoms with Crippen LogP contribution in [0.15, 0.2) is 0 Å². The van der Waals surface area contributed by atoms with E-state index >= 15 is 0 Å². The van der Waals surface area contributed by atoms with Crippen molar-refractivity contribution in [1.29, 1.82) is 0 Å². The highest BCUT2D eigenvalue weighted by Crippen LogP contribution is 1.92. The third kappa shape index (κ3) is 5.28. The Bertz CT molecular complexity index is 123. The summed E-state index contributed by atoms with van der Waals surface area (Å²) in [5.74, 6) is -0.0431. The van der Waals surface area contributed by atoms with Crippen LogP contribution in [0.1, 0.15) is 26.7 Å². The third-order valence-electron chi connectivity index (χ3n) is 1.17. The lowest BCUT2D eigenvalue weighted by Crippen LogP contribution is -2.30. The number of nitrogens with one attached hydrogen (secondary N) is 1. The molecule has 0 rings (SSSR count). The Morgan fingerprint density at radius 1 is 1.70 bits per heavy atom. The van der Waals surface area contributed by atoms with Gasteiger partial charge in [-0.05, 0) is 13.3 Å². The second-order valence-corrected chi connectivity index (χ2v) is 2.35. The summed E-state index contributed by atoms with van der Waals surface area (Å²) in [4.78, 5) is 20.3. The number of carbonyl (C=O) groups is 2. The highest BCUT2D eigenvalue weighted by Gasteiger charge is 2.00. The maximum absolute atomic E-state index is 10.4. The Morgan fingerprint density at radius 3 is 2.70 bits per heavy atom. The summed E-state index contributed by atoms with van der Waals surface area (Å²) in [5, 5.41) is 2.68. The number of aldehydes is 1. The Kier molecular flexibility index (Phi) is 4.54. The molecule has 0 aliphatic rings. The Labute approximate surface area is 60.8 Å². The van der Waals surface area contributed by atoms with Crippen molar-refractivity contribution in [3.63, 3.8) is 0 Å². The SMILES string of the molecule is CC(=O)NC(C)CCC=O.